The molecular formula is C14H20O. The third-order valence-electron chi connectivity index (χ3n) is 2.38. The molecule has 0 radical (unpaired) electrons. The molecule has 0 amide bonds. The van der Waals surface area contributed by atoms with Crippen molar-refractivity contribution in [3.05, 3.63) is 48.0 Å². The lowest BCUT2D eigenvalue weighted by molar-refractivity contribution is 0.133. The fourth-order valence-electron chi connectivity index (χ4n) is 1.48. The Balaban J connectivity index is 2.51. The summed E-state index contributed by atoms with van der Waals surface area (Å²) in [6, 6.07) is 10.4. The van der Waals surface area contributed by atoms with Crippen LogP contribution in [0.3, 0.4) is 0 Å². The molecule has 1 rings (SSSR count). The minimum absolute atomic E-state index is 0.504. The molecule has 1 unspecified atom stereocenters. The summed E-state index contributed by atoms with van der Waals surface area (Å²) in [4.78, 5) is 0. The highest BCUT2D eigenvalue weighted by Crippen LogP contribution is 2.19. The summed E-state index contributed by atoms with van der Waals surface area (Å²) in [5, 5.41) is 9.51. The highest BCUT2D eigenvalue weighted by atomic mass is 16.3. The molecule has 0 heterocycles. The number of hydrogen-bond donors (Lipinski definition) is 1. The van der Waals surface area contributed by atoms with Crippen molar-refractivity contribution in [3.8, 4) is 0 Å². The van der Waals surface area contributed by atoms with Crippen LogP contribution in [0.5, 0.6) is 0 Å². The van der Waals surface area contributed by atoms with Gasteiger partial charge in [-0.3, -0.25) is 0 Å². The quantitative estimate of drug-likeness (QED) is 0.744. The summed E-state index contributed by atoms with van der Waals surface area (Å²) >= 11 is 0. The van der Waals surface area contributed by atoms with Crippen LogP contribution in [0.1, 0.15) is 38.7 Å². The Labute approximate surface area is 92.5 Å². The third-order valence-corrected chi connectivity index (χ3v) is 2.38. The van der Waals surface area contributed by atoms with Gasteiger partial charge in [-0.2, -0.15) is 0 Å². The van der Waals surface area contributed by atoms with Gasteiger partial charge in [0.15, 0.2) is 0 Å². The number of aliphatic hydroxyl groups is 1. The molecule has 1 nitrogen and oxygen atoms in total. The monoisotopic (exact) mass is 204 g/mol. The number of benzene rings is 1. The van der Waals surface area contributed by atoms with Crippen LogP contribution in [-0.4, -0.2) is 10.7 Å². The fourth-order valence-corrected chi connectivity index (χ4v) is 1.48. The Hall–Kier alpha value is -1.08. The van der Waals surface area contributed by atoms with Crippen LogP contribution in [0, 0.1) is 0 Å². The summed E-state index contributed by atoms with van der Waals surface area (Å²) in [5.74, 6) is 0.504. The van der Waals surface area contributed by atoms with Gasteiger partial charge >= 0.3 is 0 Å². The maximum absolute atomic E-state index is 9.51. The Bertz CT molecular complexity index is 306. The zero-order valence-corrected chi connectivity index (χ0v) is 9.77. The molecule has 0 saturated carbocycles. The summed E-state index contributed by atoms with van der Waals surface area (Å²) in [7, 11) is 0. The average Bonchev–Trinajstić information content (AvgIpc) is 2.17. The minimum Gasteiger partial charge on any atom is -0.386 e. The van der Waals surface area contributed by atoms with E-state index in [9.17, 15) is 5.11 Å². The molecule has 0 saturated heterocycles. The molecule has 0 bridgehead atoms. The lowest BCUT2D eigenvalue weighted by Gasteiger charge is -2.12. The number of rotatable bonds is 4. The van der Waals surface area contributed by atoms with Crippen LogP contribution in [-0.2, 0) is 0 Å². The normalized spacial score (nSPS) is 14.4. The molecule has 1 aromatic rings. The highest BCUT2D eigenvalue weighted by molar-refractivity contribution is 5.19. The van der Waals surface area contributed by atoms with Crippen molar-refractivity contribution in [1.29, 1.82) is 0 Å². The zero-order valence-electron chi connectivity index (χ0n) is 9.77. The molecule has 0 aliphatic rings. The summed E-state index contributed by atoms with van der Waals surface area (Å²) < 4.78 is 0. The predicted molar refractivity (Wildman–Crippen MR) is 64.9 cm³/mol. The number of allylic oxidation sites excluding steroid dienone is 1. The van der Waals surface area contributed by atoms with E-state index < -0.39 is 5.60 Å². The Kier molecular flexibility index (Phi) is 4.10. The van der Waals surface area contributed by atoms with Crippen molar-refractivity contribution < 1.29 is 5.11 Å². The van der Waals surface area contributed by atoms with Gasteiger partial charge in [-0.25, -0.2) is 0 Å². The maximum Gasteiger partial charge on any atom is 0.0771 e. The van der Waals surface area contributed by atoms with Crippen molar-refractivity contribution in [2.24, 2.45) is 0 Å². The van der Waals surface area contributed by atoms with Crippen LogP contribution < -0.4 is 0 Å². The Morgan fingerprint density at radius 2 is 1.87 bits per heavy atom. The van der Waals surface area contributed by atoms with E-state index in [1.807, 2.05) is 12.1 Å². The molecule has 15 heavy (non-hydrogen) atoms. The molecule has 82 valence electrons. The summed E-state index contributed by atoms with van der Waals surface area (Å²) in [6.07, 6.45) is 4.87. The second kappa shape index (κ2) is 5.13. The van der Waals surface area contributed by atoms with Gasteiger partial charge in [0.25, 0.3) is 0 Å². The van der Waals surface area contributed by atoms with Crippen LogP contribution in [0.25, 0.3) is 0 Å². The van der Waals surface area contributed by atoms with Crippen LogP contribution in [0.4, 0.5) is 0 Å². The largest absolute Gasteiger partial charge is 0.386 e. The smallest absolute Gasteiger partial charge is 0.0771 e. The molecule has 0 aromatic heterocycles. The molecule has 0 spiro atoms. The van der Waals surface area contributed by atoms with E-state index in [1.165, 1.54) is 5.56 Å². The van der Waals surface area contributed by atoms with Gasteiger partial charge in [-0.15, -0.1) is 0 Å². The Morgan fingerprint density at radius 1 is 1.27 bits per heavy atom. The Morgan fingerprint density at radius 3 is 2.40 bits per heavy atom. The van der Waals surface area contributed by atoms with Gasteiger partial charge in [-0.05, 0) is 31.7 Å². The van der Waals surface area contributed by atoms with Crippen molar-refractivity contribution in [2.75, 3.05) is 0 Å². The zero-order chi connectivity index (χ0) is 11.3. The topological polar surface area (TPSA) is 20.2 Å². The van der Waals surface area contributed by atoms with E-state index in [1.54, 1.807) is 13.8 Å². The summed E-state index contributed by atoms with van der Waals surface area (Å²) in [6.45, 7) is 5.78. The van der Waals surface area contributed by atoms with E-state index in [2.05, 4.69) is 37.3 Å². The summed E-state index contributed by atoms with van der Waals surface area (Å²) in [5.41, 5.74) is 0.647. The lowest BCUT2D eigenvalue weighted by atomic mass is 9.97. The number of hydrogen-bond acceptors (Lipinski definition) is 1. The van der Waals surface area contributed by atoms with Crippen molar-refractivity contribution >= 4 is 0 Å². The molecule has 0 aliphatic heterocycles. The van der Waals surface area contributed by atoms with Crippen LogP contribution >= 0.6 is 0 Å². The van der Waals surface area contributed by atoms with E-state index >= 15 is 0 Å². The van der Waals surface area contributed by atoms with Gasteiger partial charge in [0, 0.05) is 0 Å². The average molecular weight is 204 g/mol. The van der Waals surface area contributed by atoms with E-state index in [4.69, 9.17) is 0 Å². The molecule has 1 N–H and O–H groups in total. The molecule has 0 fully saturated rings. The van der Waals surface area contributed by atoms with E-state index in [0.29, 0.717) is 5.92 Å². The fraction of sp³-hybridized carbons (Fsp3) is 0.429. The lowest BCUT2D eigenvalue weighted by Crippen LogP contribution is -2.13. The van der Waals surface area contributed by atoms with Crippen LogP contribution in [0.2, 0.25) is 0 Å². The third kappa shape index (κ3) is 4.80. The molecule has 0 aliphatic carbocycles. The highest BCUT2D eigenvalue weighted by Gasteiger charge is 2.07. The van der Waals surface area contributed by atoms with Crippen molar-refractivity contribution in [1.82, 2.24) is 0 Å². The first-order valence-corrected chi connectivity index (χ1v) is 5.44. The first-order valence-electron chi connectivity index (χ1n) is 5.44. The van der Waals surface area contributed by atoms with Crippen molar-refractivity contribution in [2.45, 2.75) is 38.7 Å². The van der Waals surface area contributed by atoms with Gasteiger partial charge < -0.3 is 5.11 Å². The van der Waals surface area contributed by atoms with Gasteiger partial charge in [0.1, 0.15) is 0 Å². The first kappa shape index (κ1) is 12.0. The SMILES string of the molecule is CC(C/C=C/C(C)(C)O)c1ccccc1. The second-order valence-corrected chi connectivity index (χ2v) is 4.60. The van der Waals surface area contributed by atoms with Crippen molar-refractivity contribution in [3.63, 3.8) is 0 Å². The van der Waals surface area contributed by atoms with Gasteiger partial charge in [-0.1, -0.05) is 49.4 Å². The second-order valence-electron chi connectivity index (χ2n) is 4.60. The predicted octanol–water partition coefficient (Wildman–Crippen LogP) is 3.51. The molecule has 1 atom stereocenters. The minimum atomic E-state index is -0.698. The van der Waals surface area contributed by atoms with Gasteiger partial charge in [0.05, 0.1) is 5.60 Å². The first-order chi connectivity index (χ1) is 6.99. The van der Waals surface area contributed by atoms with Crippen LogP contribution in [0.15, 0.2) is 42.5 Å². The molecule has 1 heteroatoms. The standard InChI is InChI=1S/C14H20O/c1-12(8-7-11-14(2,3)15)13-9-5-4-6-10-13/h4-7,9-12,15H,8H2,1-3H3/b11-7+. The van der Waals surface area contributed by atoms with E-state index in [0.717, 1.165) is 6.42 Å². The van der Waals surface area contributed by atoms with Gasteiger partial charge in [0.2, 0.25) is 0 Å². The van der Waals surface area contributed by atoms with E-state index in [-0.39, 0.29) is 0 Å². The molecule has 1 aromatic carbocycles. The maximum atomic E-state index is 9.51. The molecular weight excluding hydrogens is 184 g/mol.